The monoisotopic (exact) mass is 247 g/mol. The molecule has 1 unspecified atom stereocenters. The lowest BCUT2D eigenvalue weighted by atomic mass is 10.1. The minimum atomic E-state index is -0.236. The maximum absolute atomic E-state index is 13.2. The zero-order valence-corrected chi connectivity index (χ0v) is 9.06. The SMILES string of the molecule is CONC(C)c1cc(Br)ccc1F. The van der Waals surface area contributed by atoms with Crippen molar-refractivity contribution in [3.05, 3.63) is 34.1 Å². The molecule has 2 nitrogen and oxygen atoms in total. The fourth-order valence-electron chi connectivity index (χ4n) is 1.09. The summed E-state index contributed by atoms with van der Waals surface area (Å²) in [6.45, 7) is 1.83. The molecule has 1 atom stereocenters. The van der Waals surface area contributed by atoms with E-state index in [2.05, 4.69) is 21.4 Å². The van der Waals surface area contributed by atoms with Crippen LogP contribution in [0.3, 0.4) is 0 Å². The molecular weight excluding hydrogens is 237 g/mol. The van der Waals surface area contributed by atoms with Crippen LogP contribution in [0, 0.1) is 5.82 Å². The molecule has 1 rings (SSSR count). The molecule has 0 saturated carbocycles. The molecular formula is C9H11BrFNO. The smallest absolute Gasteiger partial charge is 0.128 e. The van der Waals surface area contributed by atoms with Crippen LogP contribution in [0.25, 0.3) is 0 Å². The van der Waals surface area contributed by atoms with Gasteiger partial charge in [0, 0.05) is 10.0 Å². The van der Waals surface area contributed by atoms with Crippen LogP contribution in [-0.4, -0.2) is 7.11 Å². The van der Waals surface area contributed by atoms with E-state index >= 15 is 0 Å². The number of halogens is 2. The highest BCUT2D eigenvalue weighted by atomic mass is 79.9. The number of nitrogens with one attached hydrogen (secondary N) is 1. The molecule has 72 valence electrons. The average molecular weight is 248 g/mol. The molecule has 0 fully saturated rings. The van der Waals surface area contributed by atoms with Crippen LogP contribution in [0.15, 0.2) is 22.7 Å². The molecule has 1 aromatic rings. The van der Waals surface area contributed by atoms with Gasteiger partial charge < -0.3 is 4.84 Å². The van der Waals surface area contributed by atoms with Gasteiger partial charge in [-0.25, -0.2) is 4.39 Å². The minimum Gasteiger partial charge on any atom is -0.305 e. The molecule has 0 heterocycles. The number of hydrogen-bond acceptors (Lipinski definition) is 2. The number of rotatable bonds is 3. The Bertz CT molecular complexity index is 293. The summed E-state index contributed by atoms with van der Waals surface area (Å²) in [6.07, 6.45) is 0. The highest BCUT2D eigenvalue weighted by Gasteiger charge is 2.10. The summed E-state index contributed by atoms with van der Waals surface area (Å²) in [5.41, 5.74) is 3.25. The van der Waals surface area contributed by atoms with Gasteiger partial charge in [-0.05, 0) is 25.1 Å². The van der Waals surface area contributed by atoms with Crippen LogP contribution in [-0.2, 0) is 4.84 Å². The van der Waals surface area contributed by atoms with Crippen LogP contribution in [0.4, 0.5) is 4.39 Å². The van der Waals surface area contributed by atoms with Crippen LogP contribution in [0.2, 0.25) is 0 Å². The van der Waals surface area contributed by atoms with Gasteiger partial charge in [-0.2, -0.15) is 5.48 Å². The maximum Gasteiger partial charge on any atom is 0.128 e. The van der Waals surface area contributed by atoms with Gasteiger partial charge in [0.05, 0.1) is 13.2 Å². The van der Waals surface area contributed by atoms with E-state index < -0.39 is 0 Å². The normalized spacial score (nSPS) is 12.9. The second-order valence-corrected chi connectivity index (χ2v) is 3.63. The minimum absolute atomic E-state index is 0.164. The summed E-state index contributed by atoms with van der Waals surface area (Å²) in [6, 6.07) is 4.65. The number of hydroxylamine groups is 1. The zero-order chi connectivity index (χ0) is 9.84. The second kappa shape index (κ2) is 4.69. The topological polar surface area (TPSA) is 21.3 Å². The summed E-state index contributed by atoms with van der Waals surface area (Å²) in [5, 5.41) is 0. The summed E-state index contributed by atoms with van der Waals surface area (Å²) in [7, 11) is 1.51. The first kappa shape index (κ1) is 10.6. The van der Waals surface area contributed by atoms with Crippen molar-refractivity contribution in [2.24, 2.45) is 0 Å². The summed E-state index contributed by atoms with van der Waals surface area (Å²) >= 11 is 3.28. The van der Waals surface area contributed by atoms with E-state index in [1.807, 2.05) is 6.92 Å². The Balaban J connectivity index is 2.91. The molecule has 0 saturated heterocycles. The lowest BCUT2D eigenvalue weighted by Crippen LogP contribution is -2.17. The largest absolute Gasteiger partial charge is 0.305 e. The molecule has 1 N–H and O–H groups in total. The first-order chi connectivity index (χ1) is 6.15. The van der Waals surface area contributed by atoms with Crippen LogP contribution < -0.4 is 5.48 Å². The molecule has 1 aromatic carbocycles. The van der Waals surface area contributed by atoms with Gasteiger partial charge >= 0.3 is 0 Å². The molecule has 0 aliphatic rings. The van der Waals surface area contributed by atoms with Crippen LogP contribution in [0.5, 0.6) is 0 Å². The molecule has 0 aliphatic heterocycles. The maximum atomic E-state index is 13.2. The predicted octanol–water partition coefficient (Wildman–Crippen LogP) is 2.80. The first-order valence-electron chi connectivity index (χ1n) is 3.88. The van der Waals surface area contributed by atoms with Crippen molar-refractivity contribution < 1.29 is 9.23 Å². The Morgan fingerprint density at radius 3 is 2.85 bits per heavy atom. The summed E-state index contributed by atoms with van der Waals surface area (Å²) in [4.78, 5) is 4.72. The van der Waals surface area contributed by atoms with Crippen molar-refractivity contribution in [2.45, 2.75) is 13.0 Å². The highest BCUT2D eigenvalue weighted by molar-refractivity contribution is 9.10. The van der Waals surface area contributed by atoms with Crippen molar-refractivity contribution >= 4 is 15.9 Å². The quantitative estimate of drug-likeness (QED) is 0.830. The second-order valence-electron chi connectivity index (χ2n) is 2.71. The van der Waals surface area contributed by atoms with Gasteiger partial charge in [-0.3, -0.25) is 0 Å². The lowest BCUT2D eigenvalue weighted by molar-refractivity contribution is 0.0648. The summed E-state index contributed by atoms with van der Waals surface area (Å²) in [5.74, 6) is -0.236. The Morgan fingerprint density at radius 2 is 2.23 bits per heavy atom. The lowest BCUT2D eigenvalue weighted by Gasteiger charge is -2.13. The molecule has 0 spiro atoms. The van der Waals surface area contributed by atoms with E-state index in [1.165, 1.54) is 13.2 Å². The van der Waals surface area contributed by atoms with E-state index in [0.29, 0.717) is 5.56 Å². The standard InChI is InChI=1S/C9H11BrFNO/c1-6(12-13-2)8-5-7(10)3-4-9(8)11/h3-6,12H,1-2H3. The highest BCUT2D eigenvalue weighted by Crippen LogP contribution is 2.21. The Hall–Kier alpha value is -0.450. The van der Waals surface area contributed by atoms with Gasteiger partial charge in [-0.15, -0.1) is 0 Å². The van der Waals surface area contributed by atoms with Gasteiger partial charge in [-0.1, -0.05) is 15.9 Å². The molecule has 0 amide bonds. The Kier molecular flexibility index (Phi) is 3.84. The molecule has 0 aromatic heterocycles. The van der Waals surface area contributed by atoms with Crippen LogP contribution in [0.1, 0.15) is 18.5 Å². The van der Waals surface area contributed by atoms with Gasteiger partial charge in [0.15, 0.2) is 0 Å². The molecule has 0 bridgehead atoms. The van der Waals surface area contributed by atoms with Crippen molar-refractivity contribution in [3.63, 3.8) is 0 Å². The zero-order valence-electron chi connectivity index (χ0n) is 7.47. The van der Waals surface area contributed by atoms with Crippen molar-refractivity contribution in [1.82, 2.24) is 5.48 Å². The number of hydrogen-bond donors (Lipinski definition) is 1. The van der Waals surface area contributed by atoms with Gasteiger partial charge in [0.2, 0.25) is 0 Å². The van der Waals surface area contributed by atoms with E-state index in [-0.39, 0.29) is 11.9 Å². The molecule has 13 heavy (non-hydrogen) atoms. The third kappa shape index (κ3) is 2.76. The van der Waals surface area contributed by atoms with Crippen LogP contribution >= 0.6 is 15.9 Å². The third-order valence-corrected chi connectivity index (χ3v) is 2.21. The third-order valence-electron chi connectivity index (χ3n) is 1.72. The fourth-order valence-corrected chi connectivity index (χ4v) is 1.47. The van der Waals surface area contributed by atoms with Gasteiger partial charge in [0.25, 0.3) is 0 Å². The Morgan fingerprint density at radius 1 is 1.54 bits per heavy atom. The predicted molar refractivity (Wildman–Crippen MR) is 52.7 cm³/mol. The van der Waals surface area contributed by atoms with E-state index in [4.69, 9.17) is 4.84 Å². The molecule has 0 aliphatic carbocycles. The van der Waals surface area contributed by atoms with E-state index in [9.17, 15) is 4.39 Å². The summed E-state index contributed by atoms with van der Waals surface area (Å²) < 4.78 is 14.1. The van der Waals surface area contributed by atoms with E-state index in [0.717, 1.165) is 4.47 Å². The molecule has 4 heteroatoms. The number of benzene rings is 1. The van der Waals surface area contributed by atoms with Gasteiger partial charge in [0.1, 0.15) is 5.82 Å². The first-order valence-corrected chi connectivity index (χ1v) is 4.68. The Labute approximate surface area is 85.2 Å². The van der Waals surface area contributed by atoms with Crippen molar-refractivity contribution in [1.29, 1.82) is 0 Å². The fraction of sp³-hybridized carbons (Fsp3) is 0.333. The van der Waals surface area contributed by atoms with E-state index in [1.54, 1.807) is 12.1 Å². The average Bonchev–Trinajstić information content (AvgIpc) is 2.09. The molecule has 0 radical (unpaired) electrons. The van der Waals surface area contributed by atoms with Crippen molar-refractivity contribution in [2.75, 3.05) is 7.11 Å². The van der Waals surface area contributed by atoms with Crippen molar-refractivity contribution in [3.8, 4) is 0 Å².